The molecule has 0 aliphatic rings. The minimum atomic E-state index is -0.372. The molecule has 0 heterocycles. The van der Waals surface area contributed by atoms with Crippen molar-refractivity contribution < 1.29 is 0 Å². The number of hydrogen-bond acceptors (Lipinski definition) is 2. The highest BCUT2D eigenvalue weighted by Crippen LogP contribution is 2.26. The first kappa shape index (κ1) is 12.2. The van der Waals surface area contributed by atoms with Gasteiger partial charge in [0.1, 0.15) is 0 Å². The van der Waals surface area contributed by atoms with Crippen molar-refractivity contribution in [3.8, 4) is 0 Å². The quantitative estimate of drug-likeness (QED) is 0.747. The van der Waals surface area contributed by atoms with Crippen LogP contribution in [-0.4, -0.2) is 0 Å². The Balaban J connectivity index is 3.21. The summed E-state index contributed by atoms with van der Waals surface area (Å²) in [5, 5.41) is 0. The third-order valence-electron chi connectivity index (χ3n) is 2.76. The normalized spacial score (nSPS) is 11.8. The highest BCUT2D eigenvalue weighted by Gasteiger charge is 2.12. The first-order valence-corrected chi connectivity index (χ1v) is 5.58. The van der Waals surface area contributed by atoms with Crippen molar-refractivity contribution in [2.24, 2.45) is 11.5 Å². The van der Waals surface area contributed by atoms with Gasteiger partial charge >= 0.3 is 0 Å². The Morgan fingerprint density at radius 2 is 1.47 bits per heavy atom. The maximum absolute atomic E-state index is 5.76. The lowest BCUT2D eigenvalue weighted by atomic mass is 9.91. The van der Waals surface area contributed by atoms with Gasteiger partial charge in [0.25, 0.3) is 0 Å². The lowest BCUT2D eigenvalue weighted by Gasteiger charge is -2.18. The molecule has 2 heteroatoms. The molecule has 1 aromatic rings. The van der Waals surface area contributed by atoms with Crippen molar-refractivity contribution in [3.05, 3.63) is 34.9 Å². The van der Waals surface area contributed by atoms with Gasteiger partial charge in [0, 0.05) is 0 Å². The SMILES string of the molecule is CC(C)c1ccc(C(N)N)c(C(C)C)c1. The van der Waals surface area contributed by atoms with Crippen LogP contribution in [0.15, 0.2) is 18.2 Å². The third kappa shape index (κ3) is 2.80. The molecule has 4 N–H and O–H groups in total. The summed E-state index contributed by atoms with van der Waals surface area (Å²) in [5.74, 6) is 1.01. The van der Waals surface area contributed by atoms with E-state index in [2.05, 4.69) is 45.9 Å². The summed E-state index contributed by atoms with van der Waals surface area (Å²) in [5.41, 5.74) is 15.2. The van der Waals surface area contributed by atoms with E-state index in [1.807, 2.05) is 0 Å². The van der Waals surface area contributed by atoms with Gasteiger partial charge in [-0.05, 0) is 28.5 Å². The van der Waals surface area contributed by atoms with Crippen molar-refractivity contribution in [2.75, 3.05) is 0 Å². The largest absolute Gasteiger partial charge is 0.312 e. The van der Waals surface area contributed by atoms with Gasteiger partial charge < -0.3 is 11.5 Å². The van der Waals surface area contributed by atoms with Crippen molar-refractivity contribution in [1.82, 2.24) is 0 Å². The van der Waals surface area contributed by atoms with Crippen LogP contribution in [0.25, 0.3) is 0 Å². The van der Waals surface area contributed by atoms with E-state index in [0.29, 0.717) is 11.8 Å². The van der Waals surface area contributed by atoms with Crippen LogP contribution in [0.2, 0.25) is 0 Å². The molecule has 0 unspecified atom stereocenters. The summed E-state index contributed by atoms with van der Waals surface area (Å²) < 4.78 is 0. The van der Waals surface area contributed by atoms with E-state index in [0.717, 1.165) is 5.56 Å². The van der Waals surface area contributed by atoms with Crippen LogP contribution in [0, 0.1) is 0 Å². The molecule has 2 nitrogen and oxygen atoms in total. The molecule has 0 aliphatic heterocycles. The molecule has 0 saturated carbocycles. The topological polar surface area (TPSA) is 52.0 Å². The second-order valence-corrected chi connectivity index (χ2v) is 4.72. The molecule has 0 saturated heterocycles. The number of hydrogen-bond donors (Lipinski definition) is 2. The molecule has 0 fully saturated rings. The highest BCUT2D eigenvalue weighted by atomic mass is 14.8. The van der Waals surface area contributed by atoms with Gasteiger partial charge in [0.2, 0.25) is 0 Å². The minimum absolute atomic E-state index is 0.372. The van der Waals surface area contributed by atoms with Gasteiger partial charge in [-0.15, -0.1) is 0 Å². The van der Waals surface area contributed by atoms with E-state index >= 15 is 0 Å². The molecule has 0 aromatic heterocycles. The number of benzene rings is 1. The van der Waals surface area contributed by atoms with Crippen LogP contribution in [0.3, 0.4) is 0 Å². The average Bonchev–Trinajstić information content (AvgIpc) is 2.16. The predicted molar refractivity (Wildman–Crippen MR) is 65.7 cm³/mol. The van der Waals surface area contributed by atoms with Crippen molar-refractivity contribution in [1.29, 1.82) is 0 Å². The molecule has 1 rings (SSSR count). The van der Waals surface area contributed by atoms with Gasteiger partial charge in [-0.2, -0.15) is 0 Å². The van der Waals surface area contributed by atoms with Crippen LogP contribution < -0.4 is 11.5 Å². The van der Waals surface area contributed by atoms with Crippen LogP contribution in [0.5, 0.6) is 0 Å². The molecule has 1 aromatic carbocycles. The predicted octanol–water partition coefficient (Wildman–Crippen LogP) is 2.85. The van der Waals surface area contributed by atoms with E-state index in [4.69, 9.17) is 11.5 Å². The smallest absolute Gasteiger partial charge is 0.0787 e. The summed E-state index contributed by atoms with van der Waals surface area (Å²) in [6, 6.07) is 6.42. The second kappa shape index (κ2) is 4.77. The van der Waals surface area contributed by atoms with Crippen LogP contribution in [0.1, 0.15) is 62.4 Å². The average molecular weight is 206 g/mol. The van der Waals surface area contributed by atoms with Gasteiger partial charge in [0.05, 0.1) is 6.17 Å². The Bertz CT molecular complexity index is 327. The van der Waals surface area contributed by atoms with Gasteiger partial charge in [0.15, 0.2) is 0 Å². The fourth-order valence-corrected chi connectivity index (χ4v) is 1.76. The van der Waals surface area contributed by atoms with E-state index in [9.17, 15) is 0 Å². The molecule has 0 amide bonds. The maximum atomic E-state index is 5.76. The van der Waals surface area contributed by atoms with Crippen LogP contribution in [0.4, 0.5) is 0 Å². The molecule has 0 aliphatic carbocycles. The Morgan fingerprint density at radius 3 is 1.87 bits per heavy atom. The summed E-state index contributed by atoms with van der Waals surface area (Å²) in [6.45, 7) is 8.74. The lowest BCUT2D eigenvalue weighted by Crippen LogP contribution is -2.22. The van der Waals surface area contributed by atoms with Gasteiger partial charge in [-0.25, -0.2) is 0 Å². The summed E-state index contributed by atoms with van der Waals surface area (Å²) in [6.07, 6.45) is -0.372. The summed E-state index contributed by atoms with van der Waals surface area (Å²) >= 11 is 0. The minimum Gasteiger partial charge on any atom is -0.312 e. The zero-order valence-corrected chi connectivity index (χ0v) is 10.1. The zero-order valence-electron chi connectivity index (χ0n) is 10.1. The molecular formula is C13H22N2. The van der Waals surface area contributed by atoms with Crippen molar-refractivity contribution >= 4 is 0 Å². The summed E-state index contributed by atoms with van der Waals surface area (Å²) in [4.78, 5) is 0. The maximum Gasteiger partial charge on any atom is 0.0787 e. The highest BCUT2D eigenvalue weighted by molar-refractivity contribution is 5.37. The van der Waals surface area contributed by atoms with Gasteiger partial charge in [-0.3, -0.25) is 0 Å². The number of rotatable bonds is 3. The Morgan fingerprint density at radius 1 is 0.867 bits per heavy atom. The Kier molecular flexibility index (Phi) is 3.89. The van der Waals surface area contributed by atoms with Crippen molar-refractivity contribution in [2.45, 2.75) is 45.7 Å². The first-order valence-electron chi connectivity index (χ1n) is 5.58. The van der Waals surface area contributed by atoms with E-state index in [-0.39, 0.29) is 6.17 Å². The molecule has 84 valence electrons. The van der Waals surface area contributed by atoms with E-state index in [1.165, 1.54) is 11.1 Å². The second-order valence-electron chi connectivity index (χ2n) is 4.72. The molecular weight excluding hydrogens is 184 g/mol. The molecule has 0 bridgehead atoms. The molecule has 0 spiro atoms. The molecule has 0 radical (unpaired) electrons. The first-order chi connectivity index (χ1) is 6.93. The van der Waals surface area contributed by atoms with E-state index in [1.54, 1.807) is 0 Å². The zero-order chi connectivity index (χ0) is 11.6. The fourth-order valence-electron chi connectivity index (χ4n) is 1.76. The fraction of sp³-hybridized carbons (Fsp3) is 0.538. The standard InChI is InChI=1S/C13H22N2/c1-8(2)10-5-6-11(13(14)15)12(7-10)9(3)4/h5-9,13H,14-15H2,1-4H3. The molecule has 15 heavy (non-hydrogen) atoms. The Labute approximate surface area is 92.7 Å². The third-order valence-corrected chi connectivity index (χ3v) is 2.76. The Hall–Kier alpha value is -0.860. The van der Waals surface area contributed by atoms with Crippen molar-refractivity contribution in [3.63, 3.8) is 0 Å². The molecule has 0 atom stereocenters. The number of nitrogens with two attached hydrogens (primary N) is 2. The van der Waals surface area contributed by atoms with Crippen LogP contribution >= 0.6 is 0 Å². The van der Waals surface area contributed by atoms with Crippen LogP contribution in [-0.2, 0) is 0 Å². The van der Waals surface area contributed by atoms with E-state index < -0.39 is 0 Å². The monoisotopic (exact) mass is 206 g/mol. The summed E-state index contributed by atoms with van der Waals surface area (Å²) in [7, 11) is 0. The lowest BCUT2D eigenvalue weighted by molar-refractivity contribution is 0.730. The van der Waals surface area contributed by atoms with Gasteiger partial charge in [-0.1, -0.05) is 45.9 Å².